The topological polar surface area (TPSA) is 29.1 Å². The number of carbonyl (C=O) groups is 1. The van der Waals surface area contributed by atoms with Gasteiger partial charge in [0, 0.05) is 17.0 Å². The molecule has 94 valence electrons. The maximum Gasteiger partial charge on any atom is 0.230 e. The van der Waals surface area contributed by atoms with Crippen molar-refractivity contribution >= 4 is 23.2 Å². The zero-order valence-corrected chi connectivity index (χ0v) is 11.5. The molecule has 0 bridgehead atoms. The van der Waals surface area contributed by atoms with Gasteiger partial charge in [-0.05, 0) is 30.5 Å². The number of rotatable bonds is 5. The van der Waals surface area contributed by atoms with Crippen molar-refractivity contribution < 1.29 is 4.79 Å². The van der Waals surface area contributed by atoms with Gasteiger partial charge in [0.15, 0.2) is 0 Å². The van der Waals surface area contributed by atoms with E-state index >= 15 is 0 Å². The summed E-state index contributed by atoms with van der Waals surface area (Å²) in [6.45, 7) is 5.91. The van der Waals surface area contributed by atoms with E-state index in [0.717, 1.165) is 18.5 Å². The largest absolute Gasteiger partial charge is 0.326 e. The summed E-state index contributed by atoms with van der Waals surface area (Å²) in [5.41, 5.74) is 1.71. The fraction of sp³-hybridized carbons (Fsp3) is 0.500. The van der Waals surface area contributed by atoms with E-state index in [1.807, 2.05) is 45.0 Å². The molecule has 0 atom stereocenters. The molecule has 0 aliphatic rings. The number of halogens is 1. The molecular formula is C14H20ClNO. The normalized spacial score (nSPS) is 11.3. The van der Waals surface area contributed by atoms with Crippen molar-refractivity contribution in [3.8, 4) is 0 Å². The fourth-order valence-corrected chi connectivity index (χ4v) is 1.54. The number of amides is 1. The molecular weight excluding hydrogens is 234 g/mol. The number of nitrogens with one attached hydrogen (secondary N) is 1. The molecule has 1 amide bonds. The summed E-state index contributed by atoms with van der Waals surface area (Å²) in [7, 11) is 0. The summed E-state index contributed by atoms with van der Waals surface area (Å²) in [6, 6.07) is 7.84. The molecule has 0 spiro atoms. The van der Waals surface area contributed by atoms with Crippen LogP contribution in [0.3, 0.4) is 0 Å². The van der Waals surface area contributed by atoms with Gasteiger partial charge in [-0.1, -0.05) is 32.9 Å². The summed E-state index contributed by atoms with van der Waals surface area (Å²) >= 11 is 5.67. The first kappa shape index (κ1) is 14.0. The number of benzene rings is 1. The molecule has 0 saturated carbocycles. The predicted octanol–water partition coefficient (Wildman–Crippen LogP) is 3.84. The van der Waals surface area contributed by atoms with Crippen LogP contribution in [0.25, 0.3) is 0 Å². The lowest BCUT2D eigenvalue weighted by atomic mass is 9.89. The summed E-state index contributed by atoms with van der Waals surface area (Å²) in [5, 5.41) is 2.93. The number of hydrogen-bond donors (Lipinski definition) is 1. The van der Waals surface area contributed by atoms with Gasteiger partial charge in [0.05, 0.1) is 0 Å². The second-order valence-electron chi connectivity index (χ2n) is 4.83. The Kier molecular flexibility index (Phi) is 5.01. The minimum atomic E-state index is -0.325. The Bertz CT molecular complexity index is 370. The second kappa shape index (κ2) is 6.06. The molecule has 0 radical (unpaired) electrons. The Labute approximate surface area is 108 Å². The first-order chi connectivity index (χ1) is 7.99. The van der Waals surface area contributed by atoms with Crippen molar-refractivity contribution in [3.05, 3.63) is 29.8 Å². The van der Waals surface area contributed by atoms with Crippen molar-refractivity contribution in [1.82, 2.24) is 0 Å². The zero-order chi connectivity index (χ0) is 12.9. The van der Waals surface area contributed by atoms with E-state index in [9.17, 15) is 4.79 Å². The van der Waals surface area contributed by atoms with Crippen LogP contribution in [0.15, 0.2) is 24.3 Å². The van der Waals surface area contributed by atoms with Crippen molar-refractivity contribution in [3.63, 3.8) is 0 Å². The molecule has 1 rings (SSSR count). The van der Waals surface area contributed by atoms with Crippen LogP contribution in [0.2, 0.25) is 0 Å². The number of alkyl halides is 1. The maximum atomic E-state index is 11.9. The van der Waals surface area contributed by atoms with E-state index in [1.54, 1.807) is 0 Å². The first-order valence-electron chi connectivity index (χ1n) is 5.96. The van der Waals surface area contributed by atoms with Gasteiger partial charge in [-0.2, -0.15) is 0 Å². The molecule has 0 aliphatic heterocycles. The third kappa shape index (κ3) is 4.04. The van der Waals surface area contributed by atoms with Crippen LogP contribution >= 0.6 is 11.6 Å². The second-order valence-corrected chi connectivity index (χ2v) is 5.21. The summed E-state index contributed by atoms with van der Waals surface area (Å²) < 4.78 is 0. The number of aryl methyl sites for hydroxylation is 1. The van der Waals surface area contributed by atoms with Crippen molar-refractivity contribution in [2.45, 2.75) is 33.6 Å². The van der Waals surface area contributed by atoms with Crippen LogP contribution in [-0.2, 0) is 11.2 Å². The number of anilines is 1. The Hall–Kier alpha value is -1.02. The van der Waals surface area contributed by atoms with Gasteiger partial charge in [0.25, 0.3) is 0 Å². The van der Waals surface area contributed by atoms with E-state index in [0.29, 0.717) is 5.88 Å². The van der Waals surface area contributed by atoms with Gasteiger partial charge >= 0.3 is 0 Å². The van der Waals surface area contributed by atoms with E-state index in [-0.39, 0.29) is 11.3 Å². The van der Waals surface area contributed by atoms with E-state index in [2.05, 4.69) is 5.32 Å². The Morgan fingerprint density at radius 3 is 2.35 bits per heavy atom. The average Bonchev–Trinajstić information content (AvgIpc) is 2.32. The summed E-state index contributed by atoms with van der Waals surface area (Å²) in [6.07, 6.45) is 1.68. The summed E-state index contributed by atoms with van der Waals surface area (Å²) in [5.74, 6) is 0.680. The van der Waals surface area contributed by atoms with Gasteiger partial charge < -0.3 is 5.32 Å². The predicted molar refractivity (Wildman–Crippen MR) is 73.6 cm³/mol. The quantitative estimate of drug-likeness (QED) is 0.794. The van der Waals surface area contributed by atoms with E-state index in [4.69, 9.17) is 11.6 Å². The van der Waals surface area contributed by atoms with Crippen molar-refractivity contribution in [1.29, 1.82) is 0 Å². The lowest BCUT2D eigenvalue weighted by Gasteiger charge is -2.21. The number of carbonyl (C=O) groups excluding carboxylic acids is 1. The highest BCUT2D eigenvalue weighted by molar-refractivity contribution is 6.18. The van der Waals surface area contributed by atoms with Crippen LogP contribution in [0, 0.1) is 5.41 Å². The average molecular weight is 254 g/mol. The Balaban J connectivity index is 2.66. The lowest BCUT2D eigenvalue weighted by molar-refractivity contribution is -0.124. The van der Waals surface area contributed by atoms with Gasteiger partial charge in [-0.3, -0.25) is 4.79 Å². The maximum absolute atomic E-state index is 11.9. The Morgan fingerprint density at radius 2 is 1.88 bits per heavy atom. The minimum Gasteiger partial charge on any atom is -0.326 e. The standard InChI is InChI=1S/C14H20ClNO/c1-4-14(2,3)13(17)16-12-7-5-11(6-8-12)9-10-15/h5-8H,4,9-10H2,1-3H3,(H,16,17). The smallest absolute Gasteiger partial charge is 0.230 e. The van der Waals surface area contributed by atoms with Gasteiger partial charge in [-0.15, -0.1) is 11.6 Å². The molecule has 0 heterocycles. The molecule has 0 aromatic heterocycles. The Morgan fingerprint density at radius 1 is 1.29 bits per heavy atom. The molecule has 1 N–H and O–H groups in total. The fourth-order valence-electron chi connectivity index (χ4n) is 1.32. The van der Waals surface area contributed by atoms with Gasteiger partial charge in [0.1, 0.15) is 0 Å². The number of hydrogen-bond acceptors (Lipinski definition) is 1. The van der Waals surface area contributed by atoms with Crippen LogP contribution < -0.4 is 5.32 Å². The molecule has 1 aromatic rings. The molecule has 3 heteroatoms. The highest BCUT2D eigenvalue weighted by Crippen LogP contribution is 2.22. The third-order valence-corrected chi connectivity index (χ3v) is 3.28. The van der Waals surface area contributed by atoms with Crippen LogP contribution in [0.5, 0.6) is 0 Å². The third-order valence-electron chi connectivity index (χ3n) is 3.09. The SMILES string of the molecule is CCC(C)(C)C(=O)Nc1ccc(CCCl)cc1. The first-order valence-corrected chi connectivity index (χ1v) is 6.49. The van der Waals surface area contributed by atoms with Gasteiger partial charge in [0.2, 0.25) is 5.91 Å². The van der Waals surface area contributed by atoms with Crippen LogP contribution in [0.4, 0.5) is 5.69 Å². The molecule has 1 aromatic carbocycles. The molecule has 17 heavy (non-hydrogen) atoms. The van der Waals surface area contributed by atoms with Crippen LogP contribution in [-0.4, -0.2) is 11.8 Å². The molecule has 2 nitrogen and oxygen atoms in total. The highest BCUT2D eigenvalue weighted by atomic mass is 35.5. The zero-order valence-electron chi connectivity index (χ0n) is 10.7. The molecule has 0 unspecified atom stereocenters. The molecule has 0 saturated heterocycles. The summed E-state index contributed by atoms with van der Waals surface area (Å²) in [4.78, 5) is 11.9. The highest BCUT2D eigenvalue weighted by Gasteiger charge is 2.24. The lowest BCUT2D eigenvalue weighted by Crippen LogP contribution is -2.29. The van der Waals surface area contributed by atoms with Crippen LogP contribution in [0.1, 0.15) is 32.8 Å². The minimum absolute atomic E-state index is 0.0603. The van der Waals surface area contributed by atoms with E-state index < -0.39 is 0 Å². The van der Waals surface area contributed by atoms with Crippen molar-refractivity contribution in [2.75, 3.05) is 11.2 Å². The molecule has 0 fully saturated rings. The van der Waals surface area contributed by atoms with Crippen molar-refractivity contribution in [2.24, 2.45) is 5.41 Å². The van der Waals surface area contributed by atoms with Gasteiger partial charge in [-0.25, -0.2) is 0 Å². The van der Waals surface area contributed by atoms with E-state index in [1.165, 1.54) is 5.56 Å². The molecule has 0 aliphatic carbocycles. The monoisotopic (exact) mass is 253 g/mol.